The first kappa shape index (κ1) is 11.9. The zero-order valence-corrected chi connectivity index (χ0v) is 8.00. The first-order valence-corrected chi connectivity index (χ1v) is 4.13. The molecule has 74 valence electrons. The molecule has 1 amide bonds. The zero-order chi connectivity index (χ0) is 10.6. The van der Waals surface area contributed by atoms with Crippen LogP contribution >= 0.6 is 11.9 Å². The fourth-order valence-electron chi connectivity index (χ4n) is 0.910. The van der Waals surface area contributed by atoms with Crippen LogP contribution in [0.25, 0.3) is 0 Å². The molecule has 0 aliphatic carbocycles. The number of hydrogen-bond acceptors (Lipinski definition) is 5. The lowest BCUT2D eigenvalue weighted by Crippen LogP contribution is -2.43. The molecule has 6 nitrogen and oxygen atoms in total. The number of carboxylic acid groups (broad SMARTS) is 1. The van der Waals surface area contributed by atoms with Gasteiger partial charge in [0, 0.05) is 16.5 Å². The maximum atomic E-state index is 10.7. The predicted octanol–water partition coefficient (Wildman–Crippen LogP) is 0.366. The molecule has 0 saturated carbocycles. The lowest BCUT2D eigenvalue weighted by atomic mass is 9.94. The number of carboxylic acids is 1. The average molecular weight is 206 g/mol. The Hall–Kier alpha value is -1.11. The van der Waals surface area contributed by atoms with Crippen LogP contribution in [0.15, 0.2) is 4.58 Å². The van der Waals surface area contributed by atoms with Crippen LogP contribution in [-0.2, 0) is 9.59 Å². The van der Waals surface area contributed by atoms with E-state index >= 15 is 0 Å². The number of rotatable bonds is 5. The molecule has 0 fully saturated rings. The fourth-order valence-corrected chi connectivity index (χ4v) is 1.42. The van der Waals surface area contributed by atoms with E-state index in [0.29, 0.717) is 11.9 Å². The van der Waals surface area contributed by atoms with Gasteiger partial charge in [0.05, 0.1) is 4.75 Å². The van der Waals surface area contributed by atoms with E-state index in [9.17, 15) is 14.5 Å². The Morgan fingerprint density at radius 2 is 2.00 bits per heavy atom. The zero-order valence-electron chi connectivity index (χ0n) is 7.18. The van der Waals surface area contributed by atoms with E-state index in [-0.39, 0.29) is 0 Å². The molecule has 0 spiro atoms. The molecule has 0 saturated heterocycles. The highest BCUT2D eigenvalue weighted by Gasteiger charge is 2.41. The molecule has 0 aromatic rings. The normalized spacial score (nSPS) is 13.4. The molecule has 0 radical (unpaired) electrons. The molecule has 0 heterocycles. The number of hydrogen-bond donors (Lipinski definition) is 2. The smallest absolute Gasteiger partial charge is 0.317 e. The van der Waals surface area contributed by atoms with Crippen molar-refractivity contribution in [2.24, 2.45) is 16.2 Å². The second kappa shape index (κ2) is 4.22. The molecule has 0 aliphatic rings. The Bertz CT molecular complexity index is 227. The van der Waals surface area contributed by atoms with Crippen molar-refractivity contribution in [1.29, 1.82) is 0 Å². The van der Waals surface area contributed by atoms with E-state index in [1.807, 2.05) is 0 Å². The van der Waals surface area contributed by atoms with Gasteiger partial charge < -0.3 is 10.8 Å². The molecule has 0 aliphatic heterocycles. The summed E-state index contributed by atoms with van der Waals surface area (Å²) in [5.74, 6) is -3.75. The minimum absolute atomic E-state index is 0.486. The third-order valence-electron chi connectivity index (χ3n) is 1.50. The second-order valence-corrected chi connectivity index (χ2v) is 4.33. The van der Waals surface area contributed by atoms with Crippen LogP contribution in [0.3, 0.4) is 0 Å². The van der Waals surface area contributed by atoms with Gasteiger partial charge in [-0.1, -0.05) is 0 Å². The standard InChI is InChI=1S/C6H10N2O4S/c1-6(2,13-8-12)3(4(7)9)5(10)11/h3H,1-2H3,(H2,7,9)(H,10,11). The maximum absolute atomic E-state index is 10.7. The van der Waals surface area contributed by atoms with Crippen molar-refractivity contribution < 1.29 is 14.7 Å². The summed E-state index contributed by atoms with van der Waals surface area (Å²) in [6.45, 7) is 2.84. The first-order valence-electron chi connectivity index (χ1n) is 3.36. The van der Waals surface area contributed by atoms with Gasteiger partial charge in [0.15, 0.2) is 5.92 Å². The van der Waals surface area contributed by atoms with Crippen LogP contribution in [0.2, 0.25) is 0 Å². The summed E-state index contributed by atoms with van der Waals surface area (Å²) in [7, 11) is 0. The molecule has 1 unspecified atom stereocenters. The SMILES string of the molecule is CC(C)(SN=O)C(C(N)=O)C(=O)O. The maximum Gasteiger partial charge on any atom is 0.317 e. The molecule has 0 aromatic heterocycles. The van der Waals surface area contributed by atoms with Gasteiger partial charge in [-0.2, -0.15) is 0 Å². The minimum Gasteiger partial charge on any atom is -0.481 e. The summed E-state index contributed by atoms with van der Waals surface area (Å²) >= 11 is 0.486. The number of amides is 1. The van der Waals surface area contributed by atoms with Crippen LogP contribution in [0.5, 0.6) is 0 Å². The second-order valence-electron chi connectivity index (χ2n) is 2.94. The molecule has 0 aromatic carbocycles. The molecule has 0 bridgehead atoms. The van der Waals surface area contributed by atoms with Crippen molar-refractivity contribution in [3.05, 3.63) is 4.91 Å². The van der Waals surface area contributed by atoms with Gasteiger partial charge in [-0.05, 0) is 13.8 Å². The summed E-state index contributed by atoms with van der Waals surface area (Å²) in [5, 5.41) is 8.65. The molecular weight excluding hydrogens is 196 g/mol. The van der Waals surface area contributed by atoms with Gasteiger partial charge in [-0.25, -0.2) is 0 Å². The summed E-state index contributed by atoms with van der Waals surface area (Å²) in [6, 6.07) is 0. The van der Waals surface area contributed by atoms with Crippen molar-refractivity contribution in [3.8, 4) is 0 Å². The van der Waals surface area contributed by atoms with Crippen molar-refractivity contribution in [2.75, 3.05) is 0 Å². The summed E-state index contributed by atoms with van der Waals surface area (Å²) in [4.78, 5) is 31.3. The Morgan fingerprint density at radius 1 is 1.54 bits per heavy atom. The Balaban J connectivity index is 4.82. The summed E-state index contributed by atoms with van der Waals surface area (Å²) in [5.41, 5.74) is 4.88. The monoisotopic (exact) mass is 206 g/mol. The van der Waals surface area contributed by atoms with Crippen LogP contribution in [0, 0.1) is 10.8 Å². The number of primary amides is 1. The van der Waals surface area contributed by atoms with Crippen LogP contribution in [-0.4, -0.2) is 21.7 Å². The first-order chi connectivity index (χ1) is 5.83. The largest absolute Gasteiger partial charge is 0.481 e. The van der Waals surface area contributed by atoms with Crippen LogP contribution in [0.1, 0.15) is 13.8 Å². The van der Waals surface area contributed by atoms with E-state index in [4.69, 9.17) is 10.8 Å². The van der Waals surface area contributed by atoms with Crippen molar-refractivity contribution in [3.63, 3.8) is 0 Å². The highest BCUT2D eigenvalue weighted by molar-refractivity contribution is 7.99. The van der Waals surface area contributed by atoms with Gasteiger partial charge >= 0.3 is 5.97 Å². The third kappa shape index (κ3) is 3.02. The lowest BCUT2D eigenvalue weighted by molar-refractivity contribution is -0.147. The molecular formula is C6H10N2O4S. The number of nitroso groups, excluding NO2 is 1. The van der Waals surface area contributed by atoms with E-state index in [0.717, 1.165) is 0 Å². The average Bonchev–Trinajstić information content (AvgIpc) is 1.82. The number of aliphatic carboxylic acids is 1. The van der Waals surface area contributed by atoms with Gasteiger partial charge in [0.2, 0.25) is 5.91 Å². The summed E-state index contributed by atoms with van der Waals surface area (Å²) in [6.07, 6.45) is 0. The third-order valence-corrected chi connectivity index (χ3v) is 2.28. The van der Waals surface area contributed by atoms with Gasteiger partial charge in [-0.3, -0.25) is 9.59 Å². The van der Waals surface area contributed by atoms with Crippen molar-refractivity contribution >= 4 is 23.8 Å². The fraction of sp³-hybridized carbons (Fsp3) is 0.667. The number of carbonyl (C=O) groups is 2. The van der Waals surface area contributed by atoms with Gasteiger partial charge in [0.25, 0.3) is 0 Å². The molecule has 3 N–H and O–H groups in total. The van der Waals surface area contributed by atoms with E-state index in [1.54, 1.807) is 0 Å². The molecule has 1 atom stereocenters. The lowest BCUT2D eigenvalue weighted by Gasteiger charge is -2.24. The number of nitrogens with two attached hydrogens (primary N) is 1. The van der Waals surface area contributed by atoms with Crippen molar-refractivity contribution in [2.45, 2.75) is 18.6 Å². The summed E-state index contributed by atoms with van der Waals surface area (Å²) < 4.78 is 1.36. The minimum atomic E-state index is -1.42. The van der Waals surface area contributed by atoms with E-state index < -0.39 is 22.5 Å². The molecule has 7 heteroatoms. The quantitative estimate of drug-likeness (QED) is 0.383. The van der Waals surface area contributed by atoms with Gasteiger partial charge in [0.1, 0.15) is 0 Å². The Kier molecular flexibility index (Phi) is 3.86. The number of carbonyl (C=O) groups excluding carboxylic acids is 1. The van der Waals surface area contributed by atoms with Crippen molar-refractivity contribution in [1.82, 2.24) is 0 Å². The topological polar surface area (TPSA) is 110 Å². The van der Waals surface area contributed by atoms with E-state index in [2.05, 4.69) is 4.58 Å². The predicted molar refractivity (Wildman–Crippen MR) is 47.8 cm³/mol. The van der Waals surface area contributed by atoms with Crippen LogP contribution in [0.4, 0.5) is 0 Å². The number of nitrogens with zero attached hydrogens (tertiary/aromatic N) is 1. The highest BCUT2D eigenvalue weighted by atomic mass is 32.2. The van der Waals surface area contributed by atoms with Gasteiger partial charge in [-0.15, -0.1) is 4.91 Å². The van der Waals surface area contributed by atoms with E-state index in [1.165, 1.54) is 13.8 Å². The Labute approximate surface area is 79.0 Å². The molecule has 0 rings (SSSR count). The Morgan fingerprint density at radius 3 is 2.23 bits per heavy atom. The highest BCUT2D eigenvalue weighted by Crippen LogP contribution is 2.33. The molecule has 13 heavy (non-hydrogen) atoms. The van der Waals surface area contributed by atoms with Crippen LogP contribution < -0.4 is 5.73 Å².